The molecule has 0 radical (unpaired) electrons. The molecule has 1 aliphatic rings. The second-order valence-corrected chi connectivity index (χ2v) is 9.00. The van der Waals surface area contributed by atoms with E-state index in [9.17, 15) is 9.59 Å². The number of aromatic nitrogens is 2. The van der Waals surface area contributed by atoms with Gasteiger partial charge >= 0.3 is 0 Å². The van der Waals surface area contributed by atoms with Crippen LogP contribution in [-0.2, 0) is 4.79 Å². The molecule has 0 unspecified atom stereocenters. The van der Waals surface area contributed by atoms with Gasteiger partial charge in [-0.05, 0) is 30.7 Å². The predicted octanol–water partition coefficient (Wildman–Crippen LogP) is 2.52. The monoisotopic (exact) mass is 449 g/mol. The van der Waals surface area contributed by atoms with E-state index in [1.165, 1.54) is 23.1 Å². The lowest BCUT2D eigenvalue weighted by atomic mass is 10.1. The Morgan fingerprint density at radius 1 is 1.17 bits per heavy atom. The van der Waals surface area contributed by atoms with E-state index in [1.807, 2.05) is 29.2 Å². The Morgan fingerprint density at radius 2 is 1.90 bits per heavy atom. The van der Waals surface area contributed by atoms with Crippen molar-refractivity contribution in [3.63, 3.8) is 0 Å². The highest BCUT2D eigenvalue weighted by molar-refractivity contribution is 8.01. The number of hydrogen-bond donors (Lipinski definition) is 1. The number of carbonyl (C=O) groups excluding carboxylic acids is 2. The molecule has 2 heterocycles. The van der Waals surface area contributed by atoms with Crippen LogP contribution in [0.4, 0.5) is 5.13 Å². The van der Waals surface area contributed by atoms with E-state index in [4.69, 9.17) is 4.74 Å². The van der Waals surface area contributed by atoms with Crippen LogP contribution in [0.15, 0.2) is 28.6 Å². The average molecular weight is 450 g/mol. The maximum atomic E-state index is 12.8. The topological polar surface area (TPSA) is 87.7 Å². The molecule has 0 aliphatic carbocycles. The van der Waals surface area contributed by atoms with Crippen LogP contribution in [0.25, 0.3) is 0 Å². The van der Waals surface area contributed by atoms with Crippen molar-refractivity contribution in [3.05, 3.63) is 29.8 Å². The minimum absolute atomic E-state index is 0.0360. The first kappa shape index (κ1) is 22.4. The number of rotatable bonds is 9. The van der Waals surface area contributed by atoms with Gasteiger partial charge in [-0.1, -0.05) is 36.4 Å². The van der Waals surface area contributed by atoms with Gasteiger partial charge in [0.2, 0.25) is 11.0 Å². The Morgan fingerprint density at radius 3 is 2.57 bits per heavy atom. The van der Waals surface area contributed by atoms with E-state index in [-0.39, 0.29) is 11.8 Å². The summed E-state index contributed by atoms with van der Waals surface area (Å²) in [6, 6.07) is 7.38. The van der Waals surface area contributed by atoms with Crippen LogP contribution in [0.1, 0.15) is 30.1 Å². The molecule has 0 bridgehead atoms. The van der Waals surface area contributed by atoms with Crippen LogP contribution in [0.5, 0.6) is 5.75 Å². The normalized spacial score (nSPS) is 13.9. The number of piperazine rings is 1. The highest BCUT2D eigenvalue weighted by Gasteiger charge is 2.24. The molecule has 1 aromatic carbocycles. The number of hydrogen-bond acceptors (Lipinski definition) is 8. The number of thioether (sulfide) groups is 1. The van der Waals surface area contributed by atoms with Crippen molar-refractivity contribution in [2.24, 2.45) is 0 Å². The Bertz CT molecular complexity index is 835. The number of nitrogens with one attached hydrogen (secondary N) is 1. The lowest BCUT2D eigenvalue weighted by Crippen LogP contribution is -2.48. The van der Waals surface area contributed by atoms with Crippen LogP contribution >= 0.6 is 23.1 Å². The molecule has 1 saturated heterocycles. The zero-order chi connectivity index (χ0) is 21.3. The van der Waals surface area contributed by atoms with Crippen LogP contribution in [-0.4, -0.2) is 72.5 Å². The van der Waals surface area contributed by atoms with Gasteiger partial charge in [-0.3, -0.25) is 9.59 Å². The number of ether oxygens (including phenoxy) is 1. The largest absolute Gasteiger partial charge is 0.494 e. The molecule has 2 amide bonds. The van der Waals surface area contributed by atoms with E-state index in [1.54, 1.807) is 7.05 Å². The van der Waals surface area contributed by atoms with E-state index >= 15 is 0 Å². The van der Waals surface area contributed by atoms with Gasteiger partial charge in [0.1, 0.15) is 5.75 Å². The summed E-state index contributed by atoms with van der Waals surface area (Å²) >= 11 is 2.86. The van der Waals surface area contributed by atoms with Crippen molar-refractivity contribution in [3.8, 4) is 5.75 Å². The van der Waals surface area contributed by atoms with Gasteiger partial charge < -0.3 is 19.9 Å². The lowest BCUT2D eigenvalue weighted by molar-refractivity contribution is -0.118. The Kier molecular flexibility index (Phi) is 8.32. The van der Waals surface area contributed by atoms with Crippen molar-refractivity contribution in [2.45, 2.75) is 24.1 Å². The average Bonchev–Trinajstić information content (AvgIpc) is 3.27. The first-order chi connectivity index (χ1) is 14.6. The van der Waals surface area contributed by atoms with Gasteiger partial charge in [0.15, 0.2) is 4.34 Å². The smallest absolute Gasteiger partial charge is 0.253 e. The zero-order valence-electron chi connectivity index (χ0n) is 17.3. The molecule has 8 nitrogen and oxygen atoms in total. The summed E-state index contributed by atoms with van der Waals surface area (Å²) in [6.45, 7) is 5.50. The molecule has 3 rings (SSSR count). The SMILES string of the molecule is CCCCOc1ccc(C(=O)N2CCN(c3nnc(SCC(=O)NC)s3)CC2)cc1. The van der Waals surface area contributed by atoms with Gasteiger partial charge in [-0.15, -0.1) is 10.2 Å². The first-order valence-corrected chi connectivity index (χ1v) is 11.8. The number of carbonyl (C=O) groups is 2. The molecule has 162 valence electrons. The minimum atomic E-state index is -0.0376. The predicted molar refractivity (Wildman–Crippen MR) is 120 cm³/mol. The number of nitrogens with zero attached hydrogens (tertiary/aromatic N) is 4. The van der Waals surface area contributed by atoms with E-state index < -0.39 is 0 Å². The summed E-state index contributed by atoms with van der Waals surface area (Å²) in [5.74, 6) is 1.13. The number of anilines is 1. The second-order valence-electron chi connectivity index (χ2n) is 6.82. The third kappa shape index (κ3) is 6.09. The molecule has 1 N–H and O–H groups in total. The van der Waals surface area contributed by atoms with Gasteiger partial charge in [-0.2, -0.15) is 0 Å². The minimum Gasteiger partial charge on any atom is -0.494 e. The standard InChI is InChI=1S/C20H27N5O3S2/c1-3-4-13-28-16-7-5-15(6-8-16)18(27)24-9-11-25(12-10-24)19-22-23-20(30-19)29-14-17(26)21-2/h5-8H,3-4,9-14H2,1-2H3,(H,21,26). The van der Waals surface area contributed by atoms with Crippen LogP contribution in [0.2, 0.25) is 0 Å². The molecule has 0 saturated carbocycles. The third-order valence-corrected chi connectivity index (χ3v) is 6.82. The molecular formula is C20H27N5O3S2. The molecule has 30 heavy (non-hydrogen) atoms. The van der Waals surface area contributed by atoms with E-state index in [2.05, 4.69) is 27.3 Å². The van der Waals surface area contributed by atoms with Crippen molar-refractivity contribution in [1.82, 2.24) is 20.4 Å². The van der Waals surface area contributed by atoms with Gasteiger partial charge in [0, 0.05) is 38.8 Å². The third-order valence-electron chi connectivity index (χ3n) is 4.71. The maximum absolute atomic E-state index is 12.8. The number of benzene rings is 1. The van der Waals surface area contributed by atoms with Crippen LogP contribution in [0.3, 0.4) is 0 Å². The Labute approximate surface area is 185 Å². The highest BCUT2D eigenvalue weighted by atomic mass is 32.2. The molecule has 1 fully saturated rings. The summed E-state index contributed by atoms with van der Waals surface area (Å²) in [5, 5.41) is 11.8. The Hall–Kier alpha value is -2.33. The zero-order valence-corrected chi connectivity index (χ0v) is 18.9. The Balaban J connectivity index is 1.48. The summed E-state index contributed by atoms with van der Waals surface area (Å²) in [6.07, 6.45) is 2.11. The maximum Gasteiger partial charge on any atom is 0.253 e. The summed E-state index contributed by atoms with van der Waals surface area (Å²) in [4.78, 5) is 28.2. The summed E-state index contributed by atoms with van der Waals surface area (Å²) < 4.78 is 6.43. The molecule has 0 spiro atoms. The molecule has 1 aromatic heterocycles. The lowest BCUT2D eigenvalue weighted by Gasteiger charge is -2.34. The van der Waals surface area contributed by atoms with E-state index in [0.717, 1.165) is 28.1 Å². The van der Waals surface area contributed by atoms with Gasteiger partial charge in [0.05, 0.1) is 12.4 Å². The van der Waals surface area contributed by atoms with Crippen molar-refractivity contribution in [1.29, 1.82) is 0 Å². The van der Waals surface area contributed by atoms with Crippen LogP contribution in [0, 0.1) is 0 Å². The van der Waals surface area contributed by atoms with Crippen molar-refractivity contribution in [2.75, 3.05) is 50.5 Å². The first-order valence-electron chi connectivity index (χ1n) is 10.0. The van der Waals surface area contributed by atoms with Gasteiger partial charge in [-0.25, -0.2) is 0 Å². The second kappa shape index (κ2) is 11.2. The highest BCUT2D eigenvalue weighted by Crippen LogP contribution is 2.28. The van der Waals surface area contributed by atoms with Gasteiger partial charge in [0.25, 0.3) is 5.91 Å². The summed E-state index contributed by atoms with van der Waals surface area (Å²) in [5.41, 5.74) is 0.676. The van der Waals surface area contributed by atoms with Crippen molar-refractivity contribution >= 4 is 40.0 Å². The van der Waals surface area contributed by atoms with Crippen LogP contribution < -0.4 is 15.0 Å². The quantitative estimate of drug-likeness (QED) is 0.465. The number of unbranched alkanes of at least 4 members (excludes halogenated alkanes) is 1. The fourth-order valence-electron chi connectivity index (χ4n) is 2.90. The fraction of sp³-hybridized carbons (Fsp3) is 0.500. The fourth-order valence-corrected chi connectivity index (χ4v) is 4.66. The number of amides is 2. The van der Waals surface area contributed by atoms with Crippen molar-refractivity contribution < 1.29 is 14.3 Å². The van der Waals surface area contributed by atoms with E-state index in [0.29, 0.717) is 44.1 Å². The molecular weight excluding hydrogens is 422 g/mol. The summed E-state index contributed by atoms with van der Waals surface area (Å²) in [7, 11) is 1.62. The molecule has 2 aromatic rings. The molecule has 0 atom stereocenters. The molecule has 10 heteroatoms. The molecule has 1 aliphatic heterocycles.